The fourth-order valence-electron chi connectivity index (χ4n) is 3.98. The molecule has 1 aromatic heterocycles. The normalized spacial score (nSPS) is 14.1. The summed E-state index contributed by atoms with van der Waals surface area (Å²) in [4.78, 5) is 30.7. The Balaban J connectivity index is 1.62. The molecule has 0 saturated heterocycles. The summed E-state index contributed by atoms with van der Waals surface area (Å²) in [6, 6.07) is 16.3. The number of rotatable bonds is 4. The van der Waals surface area contributed by atoms with Crippen molar-refractivity contribution in [3.63, 3.8) is 0 Å². The van der Waals surface area contributed by atoms with E-state index in [1.807, 2.05) is 30.3 Å². The Labute approximate surface area is 180 Å². The number of hydrogen-bond donors (Lipinski definition) is 1. The van der Waals surface area contributed by atoms with E-state index in [0.29, 0.717) is 16.8 Å². The monoisotopic (exact) mass is 413 g/mol. The van der Waals surface area contributed by atoms with Gasteiger partial charge in [-0.2, -0.15) is 5.26 Å². The second kappa shape index (κ2) is 8.97. The molecule has 1 amide bonds. The highest BCUT2D eigenvalue weighted by Crippen LogP contribution is 2.29. The molecule has 6 nitrogen and oxygen atoms in total. The van der Waals surface area contributed by atoms with E-state index >= 15 is 0 Å². The van der Waals surface area contributed by atoms with Crippen molar-refractivity contribution >= 4 is 28.5 Å². The highest BCUT2D eigenvalue weighted by atomic mass is 16.5. The molecule has 1 atom stereocenters. The summed E-state index contributed by atoms with van der Waals surface area (Å²) < 4.78 is 5.60. The van der Waals surface area contributed by atoms with Crippen molar-refractivity contribution in [1.29, 1.82) is 5.26 Å². The second-order valence-corrected chi connectivity index (χ2v) is 7.68. The van der Waals surface area contributed by atoms with E-state index in [9.17, 15) is 14.9 Å². The summed E-state index contributed by atoms with van der Waals surface area (Å²) in [6.45, 7) is 1.53. The van der Waals surface area contributed by atoms with Crippen molar-refractivity contribution in [3.8, 4) is 6.07 Å². The van der Waals surface area contributed by atoms with Crippen LogP contribution in [0.1, 0.15) is 53.4 Å². The number of nitrogens with one attached hydrogen (secondary N) is 1. The maximum atomic E-state index is 13.3. The maximum Gasteiger partial charge on any atom is 0.339 e. The lowest BCUT2D eigenvalue weighted by molar-refractivity contribution is -0.123. The summed E-state index contributed by atoms with van der Waals surface area (Å²) in [5.74, 6) is -1.01. The molecule has 0 fully saturated rings. The maximum absolute atomic E-state index is 13.3. The van der Waals surface area contributed by atoms with E-state index < -0.39 is 18.0 Å². The molecule has 0 unspecified atom stereocenters. The van der Waals surface area contributed by atoms with Crippen LogP contribution in [-0.4, -0.2) is 23.0 Å². The smallest absolute Gasteiger partial charge is 0.339 e. The first-order chi connectivity index (χ1) is 15.1. The molecular formula is C25H23N3O3. The third kappa shape index (κ3) is 4.26. The van der Waals surface area contributed by atoms with Crippen molar-refractivity contribution in [3.05, 3.63) is 70.9 Å². The zero-order valence-corrected chi connectivity index (χ0v) is 17.4. The van der Waals surface area contributed by atoms with Crippen LogP contribution in [0.3, 0.4) is 0 Å². The third-order valence-electron chi connectivity index (χ3n) is 5.58. The molecule has 0 bridgehead atoms. The number of nitrogens with zero attached hydrogens (tertiary/aromatic N) is 2. The summed E-state index contributed by atoms with van der Waals surface area (Å²) >= 11 is 0. The molecule has 4 rings (SSSR count). The van der Waals surface area contributed by atoms with Crippen molar-refractivity contribution in [2.75, 3.05) is 5.32 Å². The molecule has 31 heavy (non-hydrogen) atoms. The number of para-hydroxylation sites is 2. The zero-order valence-electron chi connectivity index (χ0n) is 17.4. The summed E-state index contributed by atoms with van der Waals surface area (Å²) in [7, 11) is 0. The van der Waals surface area contributed by atoms with Crippen molar-refractivity contribution in [1.82, 2.24) is 4.98 Å². The summed E-state index contributed by atoms with van der Waals surface area (Å²) in [5, 5.41) is 12.6. The number of pyridine rings is 1. The van der Waals surface area contributed by atoms with Crippen molar-refractivity contribution in [2.24, 2.45) is 0 Å². The molecule has 1 N–H and O–H groups in total. The van der Waals surface area contributed by atoms with Crippen LogP contribution in [0.5, 0.6) is 0 Å². The van der Waals surface area contributed by atoms with Gasteiger partial charge in [0.1, 0.15) is 6.07 Å². The quantitative estimate of drug-likeness (QED) is 0.500. The van der Waals surface area contributed by atoms with Gasteiger partial charge in [-0.15, -0.1) is 0 Å². The lowest BCUT2D eigenvalue weighted by Gasteiger charge is -2.18. The first-order valence-corrected chi connectivity index (χ1v) is 10.5. The van der Waals surface area contributed by atoms with Crippen LogP contribution in [-0.2, 0) is 22.4 Å². The van der Waals surface area contributed by atoms with E-state index in [0.717, 1.165) is 54.3 Å². The SMILES string of the molecule is C[C@@H](OC(=O)c1c2c(nc3ccccc13)CCCCC2)C(=O)Nc1ccccc1C#N. The predicted octanol–water partition coefficient (Wildman–Crippen LogP) is 4.56. The Morgan fingerprint density at radius 2 is 1.81 bits per heavy atom. The number of anilines is 1. The molecular weight excluding hydrogens is 390 g/mol. The first kappa shape index (κ1) is 20.5. The topological polar surface area (TPSA) is 92.1 Å². The molecule has 0 radical (unpaired) electrons. The Morgan fingerprint density at radius 1 is 1.06 bits per heavy atom. The average Bonchev–Trinajstić information content (AvgIpc) is 3.02. The Morgan fingerprint density at radius 3 is 2.65 bits per heavy atom. The van der Waals surface area contributed by atoms with Crippen molar-refractivity contribution in [2.45, 2.75) is 45.1 Å². The molecule has 2 aromatic carbocycles. The fourth-order valence-corrected chi connectivity index (χ4v) is 3.98. The summed E-state index contributed by atoms with van der Waals surface area (Å²) in [5.41, 5.74) is 3.89. The van der Waals surface area contributed by atoms with Crippen LogP contribution in [0.15, 0.2) is 48.5 Å². The van der Waals surface area contributed by atoms with E-state index in [-0.39, 0.29) is 0 Å². The molecule has 156 valence electrons. The number of hydrogen-bond acceptors (Lipinski definition) is 5. The number of carbonyl (C=O) groups excluding carboxylic acids is 2. The van der Waals surface area contributed by atoms with Gasteiger partial charge in [-0.05, 0) is 56.4 Å². The number of esters is 1. The molecule has 0 aliphatic heterocycles. The fraction of sp³-hybridized carbons (Fsp3) is 0.280. The Kier molecular flexibility index (Phi) is 5.94. The number of nitriles is 1. The largest absolute Gasteiger partial charge is 0.449 e. The minimum atomic E-state index is -1.02. The van der Waals surface area contributed by atoms with E-state index in [1.165, 1.54) is 6.92 Å². The van der Waals surface area contributed by atoms with E-state index in [2.05, 4.69) is 5.32 Å². The average molecular weight is 413 g/mol. The predicted molar refractivity (Wildman–Crippen MR) is 118 cm³/mol. The van der Waals surface area contributed by atoms with Gasteiger partial charge in [0.05, 0.1) is 22.3 Å². The summed E-state index contributed by atoms with van der Waals surface area (Å²) in [6.07, 6.45) is 3.72. The van der Waals surface area contributed by atoms with Crippen LogP contribution in [0.25, 0.3) is 10.9 Å². The van der Waals surface area contributed by atoms with Gasteiger partial charge in [0.2, 0.25) is 0 Å². The molecule has 3 aromatic rings. The third-order valence-corrected chi connectivity index (χ3v) is 5.58. The zero-order chi connectivity index (χ0) is 21.8. The number of benzene rings is 2. The van der Waals surface area contributed by atoms with Crippen LogP contribution in [0, 0.1) is 11.3 Å². The number of fused-ring (bicyclic) bond motifs is 2. The molecule has 0 spiro atoms. The molecule has 6 heteroatoms. The molecule has 1 aliphatic rings. The number of amides is 1. The van der Waals surface area contributed by atoms with Gasteiger partial charge < -0.3 is 10.1 Å². The highest BCUT2D eigenvalue weighted by Gasteiger charge is 2.26. The highest BCUT2D eigenvalue weighted by molar-refractivity contribution is 6.06. The Bertz CT molecular complexity index is 1200. The van der Waals surface area contributed by atoms with Gasteiger partial charge in [-0.25, -0.2) is 4.79 Å². The Hall–Kier alpha value is -3.72. The first-order valence-electron chi connectivity index (χ1n) is 10.5. The van der Waals surface area contributed by atoms with Crippen LogP contribution < -0.4 is 5.32 Å². The van der Waals surface area contributed by atoms with Gasteiger partial charge >= 0.3 is 5.97 Å². The number of ether oxygens (including phenoxy) is 1. The number of carbonyl (C=O) groups is 2. The lowest BCUT2D eigenvalue weighted by Crippen LogP contribution is -2.30. The van der Waals surface area contributed by atoms with Crippen LogP contribution in [0.4, 0.5) is 5.69 Å². The van der Waals surface area contributed by atoms with E-state index in [1.54, 1.807) is 24.3 Å². The lowest BCUT2D eigenvalue weighted by atomic mass is 9.97. The minimum absolute atomic E-state index is 0.347. The minimum Gasteiger partial charge on any atom is -0.449 e. The van der Waals surface area contributed by atoms with Crippen LogP contribution in [0.2, 0.25) is 0 Å². The standard InChI is InChI=1S/C25H23N3O3/c1-16(24(29)28-20-12-7-5-9-17(20)15-26)31-25(30)23-18-10-3-2-4-13-21(18)27-22-14-8-6-11-19(22)23/h5-9,11-12,14,16H,2-4,10,13H2,1H3,(H,28,29)/t16-/m1/s1. The van der Waals surface area contributed by atoms with Crippen molar-refractivity contribution < 1.29 is 14.3 Å². The van der Waals surface area contributed by atoms with Crippen LogP contribution >= 0.6 is 0 Å². The van der Waals surface area contributed by atoms with Gasteiger partial charge in [-0.1, -0.05) is 36.8 Å². The van der Waals surface area contributed by atoms with Gasteiger partial charge in [-0.3, -0.25) is 9.78 Å². The van der Waals surface area contributed by atoms with Gasteiger partial charge in [0.25, 0.3) is 5.91 Å². The van der Waals surface area contributed by atoms with Gasteiger partial charge in [0.15, 0.2) is 6.10 Å². The molecule has 1 heterocycles. The molecule has 1 aliphatic carbocycles. The number of aromatic nitrogens is 1. The second-order valence-electron chi connectivity index (χ2n) is 7.68. The van der Waals surface area contributed by atoms with Gasteiger partial charge in [0, 0.05) is 11.1 Å². The van der Waals surface area contributed by atoms with E-state index in [4.69, 9.17) is 9.72 Å². The molecule has 0 saturated carbocycles. The number of aryl methyl sites for hydroxylation is 1.